The van der Waals surface area contributed by atoms with Crippen LogP contribution in [0, 0.1) is 12.7 Å². The molecule has 1 aliphatic rings. The number of amides is 1. The lowest BCUT2D eigenvalue weighted by atomic mass is 10.1. The standard InChI is InChI=1S/C22H22FN3O4/c1-15-24-22(30-25-15)19-4-2-3-5-20(19)28-14-21(27)26-12-10-18(11-13-26)29-17-8-6-16(23)7-9-17/h2-9,18H,10-14H2,1H3. The molecule has 1 saturated heterocycles. The van der Waals surface area contributed by atoms with E-state index < -0.39 is 0 Å². The van der Waals surface area contributed by atoms with Gasteiger partial charge in [-0.1, -0.05) is 17.3 Å². The SMILES string of the molecule is Cc1noc(-c2ccccc2OCC(=O)N2CCC(Oc3ccc(F)cc3)CC2)n1. The third-order valence-electron chi connectivity index (χ3n) is 4.91. The summed E-state index contributed by atoms with van der Waals surface area (Å²) in [4.78, 5) is 18.6. The van der Waals surface area contributed by atoms with E-state index in [1.54, 1.807) is 30.0 Å². The molecule has 156 valence electrons. The molecule has 0 radical (unpaired) electrons. The molecule has 0 spiro atoms. The van der Waals surface area contributed by atoms with Gasteiger partial charge in [-0.15, -0.1) is 0 Å². The van der Waals surface area contributed by atoms with Gasteiger partial charge in [0.1, 0.15) is 23.4 Å². The smallest absolute Gasteiger partial charge is 0.261 e. The molecule has 30 heavy (non-hydrogen) atoms. The minimum Gasteiger partial charge on any atom is -0.490 e. The highest BCUT2D eigenvalue weighted by Crippen LogP contribution is 2.28. The number of ether oxygens (including phenoxy) is 2. The maximum atomic E-state index is 13.0. The third-order valence-corrected chi connectivity index (χ3v) is 4.91. The second-order valence-electron chi connectivity index (χ2n) is 7.08. The predicted octanol–water partition coefficient (Wildman–Crippen LogP) is 3.63. The minimum atomic E-state index is -0.293. The molecule has 0 aliphatic carbocycles. The first-order valence-electron chi connectivity index (χ1n) is 9.81. The van der Waals surface area contributed by atoms with Crippen molar-refractivity contribution in [1.82, 2.24) is 15.0 Å². The molecule has 1 fully saturated rings. The summed E-state index contributed by atoms with van der Waals surface area (Å²) in [7, 11) is 0. The summed E-state index contributed by atoms with van der Waals surface area (Å²) in [5.41, 5.74) is 0.650. The second kappa shape index (κ2) is 8.94. The van der Waals surface area contributed by atoms with Gasteiger partial charge in [0.25, 0.3) is 11.8 Å². The van der Waals surface area contributed by atoms with Crippen LogP contribution in [0.5, 0.6) is 11.5 Å². The summed E-state index contributed by atoms with van der Waals surface area (Å²) >= 11 is 0. The summed E-state index contributed by atoms with van der Waals surface area (Å²) in [5, 5.41) is 3.80. The molecule has 8 heteroatoms. The first kappa shape index (κ1) is 19.9. The molecule has 0 atom stereocenters. The van der Waals surface area contributed by atoms with E-state index >= 15 is 0 Å². The zero-order chi connectivity index (χ0) is 20.9. The maximum absolute atomic E-state index is 13.0. The second-order valence-corrected chi connectivity index (χ2v) is 7.08. The van der Waals surface area contributed by atoms with Crippen LogP contribution in [0.25, 0.3) is 11.5 Å². The number of rotatable bonds is 6. The Morgan fingerprint density at radius 3 is 2.60 bits per heavy atom. The van der Waals surface area contributed by atoms with E-state index in [9.17, 15) is 9.18 Å². The monoisotopic (exact) mass is 411 g/mol. The highest BCUT2D eigenvalue weighted by Gasteiger charge is 2.24. The molecule has 2 heterocycles. The number of halogens is 1. The van der Waals surface area contributed by atoms with Crippen molar-refractivity contribution in [2.45, 2.75) is 25.9 Å². The Labute approximate surface area is 173 Å². The van der Waals surface area contributed by atoms with E-state index in [0.29, 0.717) is 54.7 Å². The number of piperidine rings is 1. The molecule has 0 N–H and O–H groups in total. The van der Waals surface area contributed by atoms with Gasteiger partial charge in [-0.05, 0) is 43.3 Å². The van der Waals surface area contributed by atoms with Crippen LogP contribution < -0.4 is 9.47 Å². The Bertz CT molecular complexity index is 998. The Balaban J connectivity index is 1.29. The van der Waals surface area contributed by atoms with Gasteiger partial charge >= 0.3 is 0 Å². The highest BCUT2D eigenvalue weighted by molar-refractivity contribution is 5.78. The van der Waals surface area contributed by atoms with Gasteiger partial charge in [0, 0.05) is 25.9 Å². The molecular weight excluding hydrogens is 389 g/mol. The van der Waals surface area contributed by atoms with E-state index in [4.69, 9.17) is 14.0 Å². The minimum absolute atomic E-state index is 0.00178. The predicted molar refractivity (Wildman–Crippen MR) is 107 cm³/mol. The first-order chi connectivity index (χ1) is 14.6. The van der Waals surface area contributed by atoms with E-state index in [-0.39, 0.29) is 24.4 Å². The number of hydrogen-bond donors (Lipinski definition) is 0. The molecule has 0 unspecified atom stereocenters. The van der Waals surface area contributed by atoms with Crippen molar-refractivity contribution in [3.63, 3.8) is 0 Å². The van der Waals surface area contributed by atoms with Crippen LogP contribution in [0.2, 0.25) is 0 Å². The van der Waals surface area contributed by atoms with Gasteiger partial charge in [-0.25, -0.2) is 4.39 Å². The molecule has 1 aromatic heterocycles. The van der Waals surface area contributed by atoms with Crippen LogP contribution in [0.15, 0.2) is 53.1 Å². The van der Waals surface area contributed by atoms with Gasteiger partial charge in [0.2, 0.25) is 0 Å². The normalized spacial score (nSPS) is 14.5. The lowest BCUT2D eigenvalue weighted by Crippen LogP contribution is -2.43. The number of benzene rings is 2. The van der Waals surface area contributed by atoms with Crippen molar-refractivity contribution in [3.05, 3.63) is 60.2 Å². The molecule has 4 rings (SSSR count). The number of carbonyl (C=O) groups is 1. The van der Waals surface area contributed by atoms with E-state index in [1.165, 1.54) is 12.1 Å². The fraction of sp³-hybridized carbons (Fsp3) is 0.318. The quantitative estimate of drug-likeness (QED) is 0.616. The molecule has 2 aromatic carbocycles. The average Bonchev–Trinajstić information content (AvgIpc) is 3.20. The van der Waals surface area contributed by atoms with Crippen LogP contribution in [0.3, 0.4) is 0 Å². The van der Waals surface area contributed by atoms with Gasteiger partial charge in [0.05, 0.1) is 5.56 Å². The Morgan fingerprint density at radius 1 is 1.17 bits per heavy atom. The number of carbonyl (C=O) groups excluding carboxylic acids is 1. The fourth-order valence-corrected chi connectivity index (χ4v) is 3.34. The van der Waals surface area contributed by atoms with Crippen LogP contribution in [0.4, 0.5) is 4.39 Å². The molecule has 1 aliphatic heterocycles. The summed E-state index contributed by atoms with van der Waals surface area (Å²) in [6.07, 6.45) is 1.42. The number of likely N-dealkylation sites (tertiary alicyclic amines) is 1. The summed E-state index contributed by atoms with van der Waals surface area (Å²) in [5.74, 6) is 1.66. The molecule has 0 saturated carbocycles. The number of nitrogens with zero attached hydrogens (tertiary/aromatic N) is 3. The van der Waals surface area contributed by atoms with Gasteiger partial charge in [-0.3, -0.25) is 4.79 Å². The van der Waals surface area contributed by atoms with Gasteiger partial charge < -0.3 is 18.9 Å². The summed E-state index contributed by atoms with van der Waals surface area (Å²) in [6, 6.07) is 13.2. The van der Waals surface area contributed by atoms with Gasteiger partial charge in [-0.2, -0.15) is 4.98 Å². The number of hydrogen-bond acceptors (Lipinski definition) is 6. The van der Waals surface area contributed by atoms with Crippen molar-refractivity contribution in [2.24, 2.45) is 0 Å². The van der Waals surface area contributed by atoms with Crippen molar-refractivity contribution in [2.75, 3.05) is 19.7 Å². The average molecular weight is 411 g/mol. The van der Waals surface area contributed by atoms with Gasteiger partial charge in [0.15, 0.2) is 12.4 Å². The largest absolute Gasteiger partial charge is 0.490 e. The molecular formula is C22H22FN3O4. The molecule has 3 aromatic rings. The molecule has 0 bridgehead atoms. The maximum Gasteiger partial charge on any atom is 0.261 e. The highest BCUT2D eigenvalue weighted by atomic mass is 19.1. The zero-order valence-corrected chi connectivity index (χ0v) is 16.6. The Morgan fingerprint density at radius 2 is 1.90 bits per heavy atom. The van der Waals surface area contributed by atoms with Crippen LogP contribution in [-0.2, 0) is 4.79 Å². The van der Waals surface area contributed by atoms with Crippen LogP contribution >= 0.6 is 0 Å². The van der Waals surface area contributed by atoms with Crippen LogP contribution in [0.1, 0.15) is 18.7 Å². The van der Waals surface area contributed by atoms with Crippen molar-refractivity contribution in [3.8, 4) is 23.0 Å². The van der Waals surface area contributed by atoms with Crippen molar-refractivity contribution < 1.29 is 23.2 Å². The third kappa shape index (κ3) is 4.76. The van der Waals surface area contributed by atoms with E-state index in [0.717, 1.165) is 0 Å². The van der Waals surface area contributed by atoms with E-state index in [2.05, 4.69) is 10.1 Å². The number of aromatic nitrogens is 2. The number of para-hydroxylation sites is 1. The number of aryl methyl sites for hydroxylation is 1. The zero-order valence-electron chi connectivity index (χ0n) is 16.6. The van der Waals surface area contributed by atoms with Crippen LogP contribution in [-0.4, -0.2) is 46.7 Å². The Kier molecular flexibility index (Phi) is 5.92. The lowest BCUT2D eigenvalue weighted by molar-refractivity contribution is -0.135. The topological polar surface area (TPSA) is 77.7 Å². The first-order valence-corrected chi connectivity index (χ1v) is 9.81. The Hall–Kier alpha value is -3.42. The fourth-order valence-electron chi connectivity index (χ4n) is 3.34. The summed E-state index contributed by atoms with van der Waals surface area (Å²) in [6.45, 7) is 2.83. The van der Waals surface area contributed by atoms with Crippen molar-refractivity contribution >= 4 is 5.91 Å². The lowest BCUT2D eigenvalue weighted by Gasteiger charge is -2.32. The summed E-state index contributed by atoms with van der Waals surface area (Å²) < 4.78 is 29.8. The molecule has 7 nitrogen and oxygen atoms in total. The molecule has 1 amide bonds. The van der Waals surface area contributed by atoms with E-state index in [1.807, 2.05) is 18.2 Å². The van der Waals surface area contributed by atoms with Crippen molar-refractivity contribution in [1.29, 1.82) is 0 Å².